The summed E-state index contributed by atoms with van der Waals surface area (Å²) in [6.07, 6.45) is 7.58. The van der Waals surface area contributed by atoms with Crippen LogP contribution in [0.25, 0.3) is 22.4 Å². The molecule has 3 aromatic heterocycles. The quantitative estimate of drug-likeness (QED) is 0.268. The van der Waals surface area contributed by atoms with E-state index in [0.717, 1.165) is 42.3 Å². The van der Waals surface area contributed by atoms with E-state index in [0.29, 0.717) is 41.9 Å². The lowest BCUT2D eigenvalue weighted by atomic mass is 9.92. The molecule has 1 aliphatic carbocycles. The molecule has 0 bridgehead atoms. The summed E-state index contributed by atoms with van der Waals surface area (Å²) in [5, 5.41) is 15.0. The highest BCUT2D eigenvalue weighted by Gasteiger charge is 2.20. The van der Waals surface area contributed by atoms with E-state index in [1.54, 1.807) is 12.4 Å². The highest BCUT2D eigenvalue weighted by atomic mass is 35.5. The summed E-state index contributed by atoms with van der Waals surface area (Å²) in [6, 6.07) is 12.4. The third kappa shape index (κ3) is 5.24. The summed E-state index contributed by atoms with van der Waals surface area (Å²) in [7, 11) is 0. The van der Waals surface area contributed by atoms with Crippen molar-refractivity contribution in [2.75, 3.05) is 17.2 Å². The van der Waals surface area contributed by atoms with Gasteiger partial charge in [-0.2, -0.15) is 10.1 Å². The van der Waals surface area contributed by atoms with Crippen LogP contribution in [0.15, 0.2) is 48.8 Å². The van der Waals surface area contributed by atoms with Crippen LogP contribution in [0.2, 0.25) is 0 Å². The predicted octanol–water partition coefficient (Wildman–Crippen LogP) is 3.03. The van der Waals surface area contributed by atoms with Gasteiger partial charge in [0.2, 0.25) is 11.9 Å². The lowest BCUT2D eigenvalue weighted by Crippen LogP contribution is -2.33. The minimum atomic E-state index is -0.0914. The van der Waals surface area contributed by atoms with Crippen molar-refractivity contribution in [2.45, 2.75) is 43.8 Å². The number of H-pyrrole nitrogens is 1. The molecule has 5 rings (SSSR count). The Kier molecular flexibility index (Phi) is 7.51. The van der Waals surface area contributed by atoms with Gasteiger partial charge in [-0.1, -0.05) is 30.3 Å². The number of hydrogen-bond donors (Lipinski definition) is 5. The van der Waals surface area contributed by atoms with E-state index >= 15 is 0 Å². The minimum Gasteiger partial charge on any atom is -0.351 e. The van der Waals surface area contributed by atoms with Crippen molar-refractivity contribution < 1.29 is 0 Å². The maximum absolute atomic E-state index is 6.00. The zero-order chi connectivity index (χ0) is 22.6. The summed E-state index contributed by atoms with van der Waals surface area (Å²) >= 11 is 0. The van der Waals surface area contributed by atoms with Crippen molar-refractivity contribution in [3.63, 3.8) is 0 Å². The highest BCUT2D eigenvalue weighted by Crippen LogP contribution is 2.26. The number of anilines is 2. The van der Waals surface area contributed by atoms with Crippen molar-refractivity contribution in [1.82, 2.24) is 30.1 Å². The Bertz CT molecular complexity index is 1210. The lowest BCUT2D eigenvalue weighted by molar-refractivity contribution is 0.410. The Morgan fingerprint density at radius 2 is 1.79 bits per heavy atom. The van der Waals surface area contributed by atoms with Crippen molar-refractivity contribution in [2.24, 2.45) is 11.5 Å². The van der Waals surface area contributed by atoms with Crippen molar-refractivity contribution in [3.8, 4) is 11.4 Å². The smallest absolute Gasteiger partial charge is 0.224 e. The first-order valence-corrected chi connectivity index (χ1v) is 11.3. The van der Waals surface area contributed by atoms with E-state index in [1.807, 2.05) is 36.4 Å². The van der Waals surface area contributed by atoms with Crippen molar-refractivity contribution in [1.29, 1.82) is 0 Å². The van der Waals surface area contributed by atoms with E-state index in [-0.39, 0.29) is 18.4 Å². The van der Waals surface area contributed by atoms with Gasteiger partial charge in [-0.25, -0.2) is 15.0 Å². The number of benzene rings is 1. The van der Waals surface area contributed by atoms with Gasteiger partial charge in [0.05, 0.1) is 22.8 Å². The third-order valence-corrected chi connectivity index (χ3v) is 6.07. The maximum Gasteiger partial charge on any atom is 0.224 e. The molecule has 11 heteroatoms. The van der Waals surface area contributed by atoms with Gasteiger partial charge in [0.15, 0.2) is 5.65 Å². The second-order valence-corrected chi connectivity index (χ2v) is 8.39. The molecular formula is C23H29ClN10. The molecule has 1 unspecified atom stereocenters. The molecule has 34 heavy (non-hydrogen) atoms. The van der Waals surface area contributed by atoms with Crippen LogP contribution in [0.4, 0.5) is 11.9 Å². The van der Waals surface area contributed by atoms with E-state index in [4.69, 9.17) is 11.5 Å². The molecule has 1 saturated carbocycles. The summed E-state index contributed by atoms with van der Waals surface area (Å²) in [6.45, 7) is 0.418. The molecule has 178 valence electrons. The second kappa shape index (κ2) is 10.7. The van der Waals surface area contributed by atoms with Crippen LogP contribution < -0.4 is 22.1 Å². The fourth-order valence-electron chi connectivity index (χ4n) is 4.20. The summed E-state index contributed by atoms with van der Waals surface area (Å²) in [4.78, 5) is 18.1. The predicted molar refractivity (Wildman–Crippen MR) is 136 cm³/mol. The van der Waals surface area contributed by atoms with E-state index in [2.05, 4.69) is 40.8 Å². The van der Waals surface area contributed by atoms with Crippen LogP contribution in [0.5, 0.6) is 0 Å². The number of nitrogens with zero attached hydrogens (tertiary/aromatic N) is 5. The first-order valence-electron chi connectivity index (χ1n) is 11.3. The molecule has 10 nitrogen and oxygen atoms in total. The molecule has 0 aliphatic heterocycles. The van der Waals surface area contributed by atoms with Gasteiger partial charge in [-0.3, -0.25) is 5.10 Å². The van der Waals surface area contributed by atoms with Crippen LogP contribution in [0.3, 0.4) is 0 Å². The number of aromatic amines is 1. The van der Waals surface area contributed by atoms with Crippen molar-refractivity contribution >= 4 is 35.3 Å². The van der Waals surface area contributed by atoms with Gasteiger partial charge < -0.3 is 22.1 Å². The Labute approximate surface area is 203 Å². The molecule has 4 aromatic rings. The largest absolute Gasteiger partial charge is 0.351 e. The first-order chi connectivity index (χ1) is 16.2. The molecule has 3 heterocycles. The number of aromatic nitrogens is 6. The molecule has 7 N–H and O–H groups in total. The summed E-state index contributed by atoms with van der Waals surface area (Å²) in [5.41, 5.74) is 15.1. The van der Waals surface area contributed by atoms with E-state index < -0.39 is 0 Å². The second-order valence-electron chi connectivity index (χ2n) is 8.39. The van der Waals surface area contributed by atoms with Gasteiger partial charge in [0.25, 0.3) is 0 Å². The normalized spacial score (nSPS) is 18.8. The number of nitrogens with two attached hydrogens (primary N) is 2. The zero-order valence-corrected chi connectivity index (χ0v) is 19.5. The fourth-order valence-corrected chi connectivity index (χ4v) is 4.20. The highest BCUT2D eigenvalue weighted by molar-refractivity contribution is 5.89. The first kappa shape index (κ1) is 23.8. The number of halogens is 1. The van der Waals surface area contributed by atoms with Crippen LogP contribution in [0, 0.1) is 0 Å². The summed E-state index contributed by atoms with van der Waals surface area (Å²) in [5.74, 6) is 1.07. The Morgan fingerprint density at radius 1 is 1.00 bits per heavy atom. The molecule has 0 spiro atoms. The average Bonchev–Trinajstić information content (AvgIpc) is 3.28. The molecule has 1 aliphatic rings. The van der Waals surface area contributed by atoms with E-state index in [1.165, 1.54) is 0 Å². The topological polar surface area (TPSA) is 156 Å². The van der Waals surface area contributed by atoms with Crippen LogP contribution in [-0.2, 0) is 0 Å². The van der Waals surface area contributed by atoms with Crippen LogP contribution in [-0.4, -0.2) is 48.8 Å². The van der Waals surface area contributed by atoms with Crippen LogP contribution in [0.1, 0.15) is 37.3 Å². The zero-order valence-electron chi connectivity index (χ0n) is 18.7. The SMILES string of the molecule is Cl.NCC(Nc1nccc(-c2[nH]nc3nc(NC4CCC(N)CC4)ncc23)n1)c1ccccc1. The van der Waals surface area contributed by atoms with Gasteiger partial charge in [0, 0.05) is 31.0 Å². The molecule has 1 atom stereocenters. The number of nitrogens with one attached hydrogen (secondary N) is 3. The number of hydrogen-bond acceptors (Lipinski definition) is 9. The summed E-state index contributed by atoms with van der Waals surface area (Å²) < 4.78 is 0. The van der Waals surface area contributed by atoms with E-state index in [9.17, 15) is 0 Å². The molecule has 0 saturated heterocycles. The Morgan fingerprint density at radius 3 is 2.56 bits per heavy atom. The number of rotatable bonds is 7. The molecule has 1 aromatic carbocycles. The number of fused-ring (bicyclic) bond motifs is 1. The maximum atomic E-state index is 6.00. The minimum absolute atomic E-state index is 0. The Balaban J connectivity index is 0.00000274. The standard InChI is InChI=1S/C23H28N10.ClH/c24-12-19(14-4-2-1-3-5-14)30-22-26-11-10-18(29-22)20-17-13-27-23(31-21(17)33-32-20)28-16-8-6-15(25)7-9-16;/h1-5,10-11,13,15-16,19H,6-9,12,24-25H2,(H,26,29,30)(H2,27,28,31,32,33);1H. The van der Waals surface area contributed by atoms with Crippen molar-refractivity contribution in [3.05, 3.63) is 54.4 Å². The van der Waals surface area contributed by atoms with Gasteiger partial charge in [0.1, 0.15) is 0 Å². The van der Waals surface area contributed by atoms with Gasteiger partial charge in [-0.15, -0.1) is 12.4 Å². The van der Waals surface area contributed by atoms with Crippen LogP contribution >= 0.6 is 12.4 Å². The Hall–Kier alpha value is -3.34. The molecular weight excluding hydrogens is 452 g/mol. The lowest BCUT2D eigenvalue weighted by Gasteiger charge is -2.26. The fraction of sp³-hybridized carbons (Fsp3) is 0.348. The molecule has 0 amide bonds. The molecule has 1 fully saturated rings. The monoisotopic (exact) mass is 480 g/mol. The third-order valence-electron chi connectivity index (χ3n) is 6.07. The van der Waals surface area contributed by atoms with Gasteiger partial charge >= 0.3 is 0 Å². The molecule has 0 radical (unpaired) electrons. The van der Waals surface area contributed by atoms with Gasteiger partial charge in [-0.05, 0) is 37.3 Å². The average molecular weight is 481 g/mol.